The standard InChI is InChI=1S/C24H29N3O4S/c1-16(2)14-27-23(17(3)31-22-9-7-6-8-21(22)30-5)25-26-24(27)32-15-20(28)18-10-12-19(29-4)13-11-18/h6-13,16-17H,14-15H2,1-5H3. The first-order valence-corrected chi connectivity index (χ1v) is 11.4. The van der Waals surface area contributed by atoms with Gasteiger partial charge in [-0.3, -0.25) is 4.79 Å². The van der Waals surface area contributed by atoms with Gasteiger partial charge in [-0.2, -0.15) is 0 Å². The molecule has 0 saturated heterocycles. The Balaban J connectivity index is 1.76. The van der Waals surface area contributed by atoms with Gasteiger partial charge < -0.3 is 18.8 Å². The number of nitrogens with zero attached hydrogens (tertiary/aromatic N) is 3. The highest BCUT2D eigenvalue weighted by molar-refractivity contribution is 7.99. The van der Waals surface area contributed by atoms with E-state index in [-0.39, 0.29) is 17.6 Å². The number of thioether (sulfide) groups is 1. The van der Waals surface area contributed by atoms with Gasteiger partial charge in [-0.05, 0) is 49.2 Å². The molecule has 0 aliphatic carbocycles. The normalized spacial score (nSPS) is 11.9. The Morgan fingerprint density at radius 2 is 1.66 bits per heavy atom. The number of ketones is 1. The molecule has 0 fully saturated rings. The minimum absolute atomic E-state index is 0.0246. The van der Waals surface area contributed by atoms with Gasteiger partial charge >= 0.3 is 0 Å². The lowest BCUT2D eigenvalue weighted by atomic mass is 10.1. The molecular weight excluding hydrogens is 426 g/mol. The van der Waals surface area contributed by atoms with Crippen LogP contribution >= 0.6 is 11.8 Å². The average molecular weight is 456 g/mol. The van der Waals surface area contributed by atoms with Crippen LogP contribution in [0.15, 0.2) is 53.7 Å². The molecule has 2 aromatic carbocycles. The van der Waals surface area contributed by atoms with Crippen molar-refractivity contribution < 1.29 is 19.0 Å². The van der Waals surface area contributed by atoms with Crippen LogP contribution in [0.4, 0.5) is 0 Å². The van der Waals surface area contributed by atoms with Crippen LogP contribution in [0.25, 0.3) is 0 Å². The predicted molar refractivity (Wildman–Crippen MR) is 125 cm³/mol. The van der Waals surface area contributed by atoms with Crippen molar-refractivity contribution in [3.63, 3.8) is 0 Å². The Morgan fingerprint density at radius 1 is 0.969 bits per heavy atom. The van der Waals surface area contributed by atoms with Crippen molar-refractivity contribution in [3.8, 4) is 17.2 Å². The second-order valence-electron chi connectivity index (χ2n) is 7.70. The van der Waals surface area contributed by atoms with E-state index in [9.17, 15) is 4.79 Å². The van der Waals surface area contributed by atoms with Gasteiger partial charge in [-0.15, -0.1) is 10.2 Å². The summed E-state index contributed by atoms with van der Waals surface area (Å²) < 4.78 is 18.7. The Bertz CT molecular complexity index is 1030. The molecule has 3 aromatic rings. The van der Waals surface area contributed by atoms with Crippen molar-refractivity contribution in [1.29, 1.82) is 0 Å². The Hall–Kier alpha value is -3.00. The van der Waals surface area contributed by atoms with Gasteiger partial charge in [0, 0.05) is 12.1 Å². The molecule has 0 aliphatic rings. The molecule has 0 spiro atoms. The number of para-hydroxylation sites is 2. The van der Waals surface area contributed by atoms with Crippen LogP contribution in [0.1, 0.15) is 43.1 Å². The van der Waals surface area contributed by atoms with Gasteiger partial charge in [-0.1, -0.05) is 37.7 Å². The maximum absolute atomic E-state index is 12.6. The van der Waals surface area contributed by atoms with Crippen molar-refractivity contribution in [2.45, 2.75) is 38.6 Å². The summed E-state index contributed by atoms with van der Waals surface area (Å²) in [5.41, 5.74) is 0.640. The fraction of sp³-hybridized carbons (Fsp3) is 0.375. The summed E-state index contributed by atoms with van der Waals surface area (Å²) >= 11 is 1.38. The highest BCUT2D eigenvalue weighted by Crippen LogP contribution is 2.31. The SMILES string of the molecule is COc1ccc(C(=O)CSc2nnc(C(C)Oc3ccccc3OC)n2CC(C)C)cc1. The monoisotopic (exact) mass is 455 g/mol. The van der Waals surface area contributed by atoms with Crippen molar-refractivity contribution in [1.82, 2.24) is 14.8 Å². The molecule has 1 heterocycles. The van der Waals surface area contributed by atoms with Gasteiger partial charge in [0.25, 0.3) is 0 Å². The van der Waals surface area contributed by atoms with Crippen LogP contribution in [-0.4, -0.2) is 40.5 Å². The molecule has 170 valence electrons. The molecular formula is C24H29N3O4S. The summed E-state index contributed by atoms with van der Waals surface area (Å²) in [6, 6.07) is 14.6. The first-order valence-electron chi connectivity index (χ1n) is 10.5. The first-order chi connectivity index (χ1) is 15.4. The fourth-order valence-corrected chi connectivity index (χ4v) is 4.04. The van der Waals surface area contributed by atoms with Crippen LogP contribution in [-0.2, 0) is 6.54 Å². The van der Waals surface area contributed by atoms with Crippen LogP contribution in [0.3, 0.4) is 0 Å². The predicted octanol–water partition coefficient (Wildman–Crippen LogP) is 5.07. The number of Topliss-reactive ketones (excluding diaryl/α,β-unsaturated/α-hetero) is 1. The number of carbonyl (C=O) groups excluding carboxylic acids is 1. The van der Waals surface area contributed by atoms with Gasteiger partial charge in [0.15, 0.2) is 34.4 Å². The molecule has 0 aliphatic heterocycles. The van der Waals surface area contributed by atoms with E-state index in [2.05, 4.69) is 24.0 Å². The summed E-state index contributed by atoms with van der Waals surface area (Å²) in [5.74, 6) is 3.41. The van der Waals surface area contributed by atoms with E-state index in [1.807, 2.05) is 35.8 Å². The Kier molecular flexibility index (Phi) is 8.16. The van der Waals surface area contributed by atoms with Crippen molar-refractivity contribution >= 4 is 17.5 Å². The molecule has 7 nitrogen and oxygen atoms in total. The van der Waals surface area contributed by atoms with E-state index in [4.69, 9.17) is 14.2 Å². The molecule has 0 bridgehead atoms. The molecule has 0 amide bonds. The minimum Gasteiger partial charge on any atom is -0.497 e. The maximum Gasteiger partial charge on any atom is 0.191 e. The number of ether oxygens (including phenoxy) is 3. The molecule has 1 unspecified atom stereocenters. The summed E-state index contributed by atoms with van der Waals surface area (Å²) in [6.45, 7) is 6.92. The molecule has 8 heteroatoms. The van der Waals surface area contributed by atoms with Crippen LogP contribution in [0.5, 0.6) is 17.2 Å². The quantitative estimate of drug-likeness (QED) is 0.295. The molecule has 0 radical (unpaired) electrons. The zero-order chi connectivity index (χ0) is 23.1. The summed E-state index contributed by atoms with van der Waals surface area (Å²) in [5, 5.41) is 9.45. The average Bonchev–Trinajstić information content (AvgIpc) is 3.19. The van der Waals surface area contributed by atoms with E-state index < -0.39 is 0 Å². The van der Waals surface area contributed by atoms with Crippen LogP contribution in [0, 0.1) is 5.92 Å². The second-order valence-corrected chi connectivity index (χ2v) is 8.64. The van der Waals surface area contributed by atoms with E-state index >= 15 is 0 Å². The van der Waals surface area contributed by atoms with Gasteiger partial charge in [0.2, 0.25) is 0 Å². The van der Waals surface area contributed by atoms with Gasteiger partial charge in [0.1, 0.15) is 5.75 Å². The number of hydrogen-bond donors (Lipinski definition) is 0. The zero-order valence-electron chi connectivity index (χ0n) is 19.1. The zero-order valence-corrected chi connectivity index (χ0v) is 19.9. The topological polar surface area (TPSA) is 75.5 Å². The second kappa shape index (κ2) is 11.0. The number of rotatable bonds is 11. The number of benzene rings is 2. The number of hydrogen-bond acceptors (Lipinski definition) is 7. The van der Waals surface area contributed by atoms with E-state index in [1.165, 1.54) is 11.8 Å². The number of methoxy groups -OCH3 is 2. The Labute approximate surface area is 193 Å². The van der Waals surface area contributed by atoms with Crippen LogP contribution < -0.4 is 14.2 Å². The van der Waals surface area contributed by atoms with Crippen molar-refractivity contribution in [3.05, 3.63) is 59.9 Å². The largest absolute Gasteiger partial charge is 0.497 e. The lowest BCUT2D eigenvalue weighted by Crippen LogP contribution is -2.16. The molecule has 3 rings (SSSR count). The van der Waals surface area contributed by atoms with E-state index in [0.29, 0.717) is 34.0 Å². The summed E-state index contributed by atoms with van der Waals surface area (Å²) in [6.07, 6.45) is -0.343. The van der Waals surface area contributed by atoms with Gasteiger partial charge in [0.05, 0.1) is 20.0 Å². The molecule has 1 atom stereocenters. The first kappa shape index (κ1) is 23.7. The third-order valence-corrected chi connectivity index (χ3v) is 5.74. The van der Waals surface area contributed by atoms with E-state index in [0.717, 1.165) is 12.3 Å². The maximum atomic E-state index is 12.6. The van der Waals surface area contributed by atoms with Gasteiger partial charge in [-0.25, -0.2) is 0 Å². The minimum atomic E-state index is -0.343. The fourth-order valence-electron chi connectivity index (χ4n) is 3.19. The van der Waals surface area contributed by atoms with E-state index in [1.54, 1.807) is 38.5 Å². The third kappa shape index (κ3) is 5.82. The van der Waals surface area contributed by atoms with Crippen LogP contribution in [0.2, 0.25) is 0 Å². The molecule has 0 saturated carbocycles. The molecule has 32 heavy (non-hydrogen) atoms. The molecule has 1 aromatic heterocycles. The highest BCUT2D eigenvalue weighted by atomic mass is 32.2. The smallest absolute Gasteiger partial charge is 0.191 e. The van der Waals surface area contributed by atoms with Crippen molar-refractivity contribution in [2.24, 2.45) is 5.92 Å². The molecule has 0 N–H and O–H groups in total. The lowest BCUT2D eigenvalue weighted by molar-refractivity contribution is 0.102. The Morgan fingerprint density at radius 3 is 2.28 bits per heavy atom. The summed E-state index contributed by atoms with van der Waals surface area (Å²) in [7, 11) is 3.22. The lowest BCUT2D eigenvalue weighted by Gasteiger charge is -2.19. The van der Waals surface area contributed by atoms with Crippen molar-refractivity contribution in [2.75, 3.05) is 20.0 Å². The number of aromatic nitrogens is 3. The number of carbonyl (C=O) groups is 1. The highest BCUT2D eigenvalue weighted by Gasteiger charge is 2.22. The summed E-state index contributed by atoms with van der Waals surface area (Å²) in [4.78, 5) is 12.6. The third-order valence-electron chi connectivity index (χ3n) is 4.77.